The molecule has 0 radical (unpaired) electrons. The first-order valence-electron chi connectivity index (χ1n) is 7.36. The van der Waals surface area contributed by atoms with Crippen LogP contribution in [0, 0.1) is 0 Å². The number of imidazole rings is 1. The fourth-order valence-electron chi connectivity index (χ4n) is 2.71. The monoisotopic (exact) mass is 306 g/mol. The van der Waals surface area contributed by atoms with E-state index in [-0.39, 0.29) is 0 Å². The van der Waals surface area contributed by atoms with E-state index < -0.39 is 5.97 Å². The van der Waals surface area contributed by atoms with Crippen molar-refractivity contribution in [2.45, 2.75) is 39.2 Å². The maximum atomic E-state index is 11.4. The molecular formula is C16H22N2O2S. The van der Waals surface area contributed by atoms with Crippen molar-refractivity contribution in [2.24, 2.45) is 0 Å². The van der Waals surface area contributed by atoms with E-state index in [1.54, 1.807) is 6.07 Å². The third-order valence-corrected chi connectivity index (χ3v) is 4.41. The third-order valence-electron chi connectivity index (χ3n) is 3.69. The molecule has 1 N–H and O–H groups in total. The molecule has 0 amide bonds. The van der Waals surface area contributed by atoms with Gasteiger partial charge in [0.1, 0.15) is 11.3 Å². The summed E-state index contributed by atoms with van der Waals surface area (Å²) in [5, 5.41) is 9.36. The second-order valence-corrected chi connectivity index (χ2v) is 6.05. The second-order valence-electron chi connectivity index (χ2n) is 5.14. The molecule has 0 bridgehead atoms. The zero-order valence-corrected chi connectivity index (χ0v) is 13.6. The minimum atomic E-state index is -0.911. The predicted molar refractivity (Wildman–Crippen MR) is 88.4 cm³/mol. The van der Waals surface area contributed by atoms with Crippen LogP contribution in [0.25, 0.3) is 11.0 Å². The highest BCUT2D eigenvalue weighted by atomic mass is 32.2. The number of thioether (sulfide) groups is 1. The van der Waals surface area contributed by atoms with Crippen LogP contribution in [0.3, 0.4) is 0 Å². The van der Waals surface area contributed by atoms with Gasteiger partial charge in [0.2, 0.25) is 0 Å². The van der Waals surface area contributed by atoms with Gasteiger partial charge in [-0.3, -0.25) is 0 Å². The zero-order chi connectivity index (χ0) is 15.4. The molecule has 2 aromatic rings. The number of hydrogen-bond donors (Lipinski definition) is 1. The third kappa shape index (κ3) is 3.07. The molecule has 0 fully saturated rings. The lowest BCUT2D eigenvalue weighted by Crippen LogP contribution is -2.14. The van der Waals surface area contributed by atoms with E-state index in [9.17, 15) is 9.90 Å². The molecule has 1 heterocycles. The summed E-state index contributed by atoms with van der Waals surface area (Å²) in [6.07, 6.45) is 4.99. The summed E-state index contributed by atoms with van der Waals surface area (Å²) < 4.78 is 2.25. The van der Waals surface area contributed by atoms with Gasteiger partial charge in [0.05, 0.1) is 11.1 Å². The minimum Gasteiger partial charge on any atom is -0.478 e. The van der Waals surface area contributed by atoms with Gasteiger partial charge in [-0.2, -0.15) is 11.8 Å². The number of para-hydroxylation sites is 1. The number of carboxylic acid groups (broad SMARTS) is 1. The van der Waals surface area contributed by atoms with Crippen molar-refractivity contribution >= 4 is 28.8 Å². The number of carbonyl (C=O) groups is 1. The lowest BCUT2D eigenvalue weighted by molar-refractivity contribution is 0.0699. The summed E-state index contributed by atoms with van der Waals surface area (Å²) in [5.74, 6) is 1.10. The molecule has 21 heavy (non-hydrogen) atoms. The number of hydrogen-bond acceptors (Lipinski definition) is 3. The Labute approximate surface area is 129 Å². The molecule has 1 aromatic carbocycles. The Kier molecular flexibility index (Phi) is 5.28. The number of aromatic nitrogens is 2. The molecule has 0 aliphatic heterocycles. The van der Waals surface area contributed by atoms with Crippen molar-refractivity contribution in [3.63, 3.8) is 0 Å². The van der Waals surface area contributed by atoms with Gasteiger partial charge < -0.3 is 9.67 Å². The van der Waals surface area contributed by atoms with E-state index in [4.69, 9.17) is 0 Å². The van der Waals surface area contributed by atoms with Crippen LogP contribution in [0.4, 0.5) is 0 Å². The van der Waals surface area contributed by atoms with E-state index in [1.807, 2.05) is 23.9 Å². The number of carboxylic acids is 1. The first kappa shape index (κ1) is 15.9. The number of benzene rings is 1. The Morgan fingerprint density at radius 1 is 1.43 bits per heavy atom. The zero-order valence-electron chi connectivity index (χ0n) is 12.8. The highest BCUT2D eigenvalue weighted by Gasteiger charge is 2.20. The average Bonchev–Trinajstić information content (AvgIpc) is 2.83. The predicted octanol–water partition coefficient (Wildman–Crippen LogP) is 4.00. The number of aromatic carboxylic acids is 1. The van der Waals surface area contributed by atoms with Crippen molar-refractivity contribution < 1.29 is 9.90 Å². The molecule has 1 unspecified atom stereocenters. The van der Waals surface area contributed by atoms with Gasteiger partial charge in [-0.1, -0.05) is 19.9 Å². The fourth-order valence-corrected chi connectivity index (χ4v) is 3.48. The van der Waals surface area contributed by atoms with Gasteiger partial charge in [0.15, 0.2) is 0 Å². The number of aryl methyl sites for hydroxylation is 1. The Morgan fingerprint density at radius 2 is 2.19 bits per heavy atom. The van der Waals surface area contributed by atoms with Crippen LogP contribution in [0.15, 0.2) is 18.2 Å². The molecule has 4 nitrogen and oxygen atoms in total. The van der Waals surface area contributed by atoms with Crippen molar-refractivity contribution in [3.8, 4) is 0 Å². The van der Waals surface area contributed by atoms with Crippen LogP contribution in [-0.4, -0.2) is 32.6 Å². The van der Waals surface area contributed by atoms with Crippen LogP contribution in [-0.2, 0) is 6.42 Å². The standard InChI is InChI=1S/C16H22N2O2S/c1-4-7-14-17-15-12(16(19)20)8-6-9-13(15)18(14)11(5-2)10-21-3/h6,8-9,11H,4-5,7,10H2,1-3H3,(H,19,20). The summed E-state index contributed by atoms with van der Waals surface area (Å²) in [4.78, 5) is 16.1. The molecule has 0 saturated carbocycles. The SMILES string of the molecule is CCCc1nc2c(C(=O)O)cccc2n1C(CC)CSC. The van der Waals surface area contributed by atoms with Gasteiger partial charge in [-0.05, 0) is 31.2 Å². The molecule has 0 spiro atoms. The highest BCUT2D eigenvalue weighted by Crippen LogP contribution is 2.28. The molecule has 2 rings (SSSR count). The van der Waals surface area contributed by atoms with Gasteiger partial charge in [0, 0.05) is 18.2 Å². The summed E-state index contributed by atoms with van der Waals surface area (Å²) in [6, 6.07) is 5.78. The van der Waals surface area contributed by atoms with Crippen LogP contribution in [0.2, 0.25) is 0 Å². The number of nitrogens with zero attached hydrogens (tertiary/aromatic N) is 2. The summed E-state index contributed by atoms with van der Waals surface area (Å²) in [7, 11) is 0. The summed E-state index contributed by atoms with van der Waals surface area (Å²) >= 11 is 1.81. The van der Waals surface area contributed by atoms with Crippen LogP contribution < -0.4 is 0 Å². The second kappa shape index (κ2) is 6.98. The largest absolute Gasteiger partial charge is 0.478 e. The molecular weight excluding hydrogens is 284 g/mol. The maximum Gasteiger partial charge on any atom is 0.337 e. The maximum absolute atomic E-state index is 11.4. The van der Waals surface area contributed by atoms with E-state index in [1.165, 1.54) is 0 Å². The van der Waals surface area contributed by atoms with Crippen LogP contribution >= 0.6 is 11.8 Å². The Bertz CT molecular complexity index is 636. The van der Waals surface area contributed by atoms with Crippen molar-refractivity contribution in [3.05, 3.63) is 29.6 Å². The Morgan fingerprint density at radius 3 is 2.76 bits per heavy atom. The molecule has 1 aromatic heterocycles. The molecule has 0 saturated heterocycles. The topological polar surface area (TPSA) is 55.1 Å². The normalized spacial score (nSPS) is 12.7. The lowest BCUT2D eigenvalue weighted by atomic mass is 10.1. The Balaban J connectivity index is 2.68. The highest BCUT2D eigenvalue weighted by molar-refractivity contribution is 7.98. The quantitative estimate of drug-likeness (QED) is 0.840. The van der Waals surface area contributed by atoms with Gasteiger partial charge in [-0.15, -0.1) is 0 Å². The Hall–Kier alpha value is -1.49. The van der Waals surface area contributed by atoms with E-state index >= 15 is 0 Å². The minimum absolute atomic E-state index is 0.294. The fraction of sp³-hybridized carbons (Fsp3) is 0.500. The number of fused-ring (bicyclic) bond motifs is 1. The first-order chi connectivity index (χ1) is 10.1. The molecule has 0 aliphatic carbocycles. The lowest BCUT2D eigenvalue weighted by Gasteiger charge is -2.19. The smallest absolute Gasteiger partial charge is 0.337 e. The average molecular weight is 306 g/mol. The van der Waals surface area contributed by atoms with Gasteiger partial charge in [-0.25, -0.2) is 9.78 Å². The van der Waals surface area contributed by atoms with Crippen molar-refractivity contribution in [1.82, 2.24) is 9.55 Å². The van der Waals surface area contributed by atoms with Crippen LogP contribution in [0.5, 0.6) is 0 Å². The van der Waals surface area contributed by atoms with Gasteiger partial charge >= 0.3 is 5.97 Å². The van der Waals surface area contributed by atoms with E-state index in [0.717, 1.165) is 36.4 Å². The van der Waals surface area contributed by atoms with E-state index in [2.05, 4.69) is 29.7 Å². The van der Waals surface area contributed by atoms with Gasteiger partial charge in [0.25, 0.3) is 0 Å². The molecule has 5 heteroatoms. The van der Waals surface area contributed by atoms with Crippen molar-refractivity contribution in [2.75, 3.05) is 12.0 Å². The van der Waals surface area contributed by atoms with Crippen molar-refractivity contribution in [1.29, 1.82) is 0 Å². The molecule has 1 atom stereocenters. The first-order valence-corrected chi connectivity index (χ1v) is 8.75. The number of rotatable bonds is 7. The molecule has 114 valence electrons. The summed E-state index contributed by atoms with van der Waals surface area (Å²) in [5.41, 5.74) is 1.86. The van der Waals surface area contributed by atoms with E-state index in [0.29, 0.717) is 17.1 Å². The molecule has 0 aliphatic rings. The summed E-state index contributed by atoms with van der Waals surface area (Å²) in [6.45, 7) is 4.29. The van der Waals surface area contributed by atoms with Crippen LogP contribution in [0.1, 0.15) is 48.9 Å².